The highest BCUT2D eigenvalue weighted by Gasteiger charge is 2.22. The molecule has 0 fully saturated rings. The van der Waals surface area contributed by atoms with Gasteiger partial charge in [-0.25, -0.2) is 9.78 Å². The largest absolute Gasteiger partial charge is 0.450 e. The third-order valence-electron chi connectivity index (χ3n) is 4.31. The van der Waals surface area contributed by atoms with E-state index in [0.29, 0.717) is 5.56 Å². The molecule has 0 N–H and O–H groups in total. The summed E-state index contributed by atoms with van der Waals surface area (Å²) in [5.41, 5.74) is 4.02. The molecular formula is C22H21NO3S. The van der Waals surface area contributed by atoms with Crippen LogP contribution < -0.4 is 0 Å². The molecule has 1 heterocycles. The van der Waals surface area contributed by atoms with Crippen LogP contribution in [0, 0.1) is 6.92 Å². The summed E-state index contributed by atoms with van der Waals surface area (Å²) in [5, 5.41) is 2.40. The molecule has 0 saturated carbocycles. The number of ether oxygens (including phenoxy) is 1. The summed E-state index contributed by atoms with van der Waals surface area (Å²) < 4.78 is 5.33. The van der Waals surface area contributed by atoms with Crippen LogP contribution in [0.3, 0.4) is 0 Å². The van der Waals surface area contributed by atoms with E-state index in [-0.39, 0.29) is 11.5 Å². The van der Waals surface area contributed by atoms with Crippen molar-refractivity contribution in [1.29, 1.82) is 0 Å². The molecule has 0 aliphatic rings. The van der Waals surface area contributed by atoms with Gasteiger partial charge in [0.1, 0.15) is 5.01 Å². The Balaban J connectivity index is 1.67. The van der Waals surface area contributed by atoms with Crippen LogP contribution in [0.5, 0.6) is 0 Å². The molecule has 0 aliphatic carbocycles. The summed E-state index contributed by atoms with van der Waals surface area (Å²) in [4.78, 5) is 29.2. The highest BCUT2D eigenvalue weighted by Crippen LogP contribution is 2.24. The van der Waals surface area contributed by atoms with E-state index in [1.165, 1.54) is 11.3 Å². The van der Waals surface area contributed by atoms with Crippen molar-refractivity contribution < 1.29 is 14.3 Å². The molecule has 5 heteroatoms. The summed E-state index contributed by atoms with van der Waals surface area (Å²) in [6.45, 7) is 5.66. The highest BCUT2D eigenvalue weighted by molar-refractivity contribution is 7.13. The molecule has 0 bridgehead atoms. The zero-order valence-corrected chi connectivity index (χ0v) is 16.4. The first kappa shape index (κ1) is 19.0. The first-order valence-electron chi connectivity index (χ1n) is 8.84. The fraction of sp³-hybridized carbons (Fsp3) is 0.227. The van der Waals surface area contributed by atoms with Crippen molar-refractivity contribution in [2.45, 2.75) is 33.3 Å². The van der Waals surface area contributed by atoms with Gasteiger partial charge >= 0.3 is 5.97 Å². The van der Waals surface area contributed by atoms with Crippen molar-refractivity contribution in [3.63, 3.8) is 0 Å². The maximum atomic E-state index is 12.5. The Morgan fingerprint density at radius 1 is 1.07 bits per heavy atom. The van der Waals surface area contributed by atoms with E-state index in [4.69, 9.17) is 4.74 Å². The fourth-order valence-corrected chi connectivity index (χ4v) is 3.41. The molecule has 0 unspecified atom stereocenters. The Labute approximate surface area is 162 Å². The number of carbonyl (C=O) groups is 2. The SMILES string of the molecule is CCc1ccc(C(=O)[C@H](C)OC(=O)c2csc(-c3ccc(C)cc3)n2)cc1. The number of esters is 1. The lowest BCUT2D eigenvalue weighted by molar-refractivity contribution is 0.0314. The predicted octanol–water partition coefficient (Wildman–Crippen LogP) is 5.11. The molecule has 0 amide bonds. The quantitative estimate of drug-likeness (QED) is 0.441. The minimum Gasteiger partial charge on any atom is -0.450 e. The number of hydrogen-bond donors (Lipinski definition) is 0. The summed E-state index contributed by atoms with van der Waals surface area (Å²) >= 11 is 1.38. The number of aromatic nitrogens is 1. The molecule has 138 valence electrons. The van der Waals surface area contributed by atoms with Gasteiger partial charge in [-0.2, -0.15) is 0 Å². The van der Waals surface area contributed by atoms with Gasteiger partial charge in [-0.05, 0) is 25.8 Å². The molecule has 0 radical (unpaired) electrons. The van der Waals surface area contributed by atoms with Gasteiger partial charge in [-0.3, -0.25) is 4.79 Å². The number of rotatable bonds is 6. The van der Waals surface area contributed by atoms with Crippen LogP contribution in [-0.2, 0) is 11.2 Å². The predicted molar refractivity (Wildman–Crippen MR) is 107 cm³/mol. The van der Waals surface area contributed by atoms with Crippen molar-refractivity contribution in [1.82, 2.24) is 4.98 Å². The first-order chi connectivity index (χ1) is 13.0. The van der Waals surface area contributed by atoms with Gasteiger partial charge in [-0.1, -0.05) is 61.0 Å². The summed E-state index contributed by atoms with van der Waals surface area (Å²) in [7, 11) is 0. The van der Waals surface area contributed by atoms with E-state index in [1.807, 2.05) is 43.3 Å². The normalized spacial score (nSPS) is 11.8. The minimum atomic E-state index is -0.866. The molecule has 3 aromatic rings. The number of carbonyl (C=O) groups excluding carboxylic acids is 2. The number of nitrogens with zero attached hydrogens (tertiary/aromatic N) is 1. The van der Waals surface area contributed by atoms with Crippen LogP contribution in [0.2, 0.25) is 0 Å². The zero-order valence-electron chi connectivity index (χ0n) is 15.6. The summed E-state index contributed by atoms with van der Waals surface area (Å²) in [6.07, 6.45) is 0.0427. The maximum absolute atomic E-state index is 12.5. The lowest BCUT2D eigenvalue weighted by Gasteiger charge is -2.11. The van der Waals surface area contributed by atoms with Crippen molar-refractivity contribution in [3.8, 4) is 10.6 Å². The minimum absolute atomic E-state index is 0.219. The molecule has 0 aliphatic heterocycles. The van der Waals surface area contributed by atoms with E-state index in [9.17, 15) is 9.59 Å². The Hall–Kier alpha value is -2.79. The van der Waals surface area contributed by atoms with E-state index in [2.05, 4.69) is 11.9 Å². The van der Waals surface area contributed by atoms with Crippen LogP contribution in [0.15, 0.2) is 53.9 Å². The molecule has 0 spiro atoms. The monoisotopic (exact) mass is 379 g/mol. The van der Waals surface area contributed by atoms with E-state index in [1.54, 1.807) is 24.4 Å². The summed E-state index contributed by atoms with van der Waals surface area (Å²) in [6, 6.07) is 15.3. The van der Waals surface area contributed by atoms with Gasteiger partial charge in [0.25, 0.3) is 0 Å². The van der Waals surface area contributed by atoms with Crippen molar-refractivity contribution in [3.05, 3.63) is 76.3 Å². The Kier molecular flexibility index (Phi) is 5.81. The van der Waals surface area contributed by atoms with E-state index < -0.39 is 12.1 Å². The van der Waals surface area contributed by atoms with Crippen LogP contribution in [0.25, 0.3) is 10.6 Å². The highest BCUT2D eigenvalue weighted by atomic mass is 32.1. The van der Waals surface area contributed by atoms with Gasteiger partial charge < -0.3 is 4.74 Å². The molecule has 2 aromatic carbocycles. The third kappa shape index (κ3) is 4.49. The van der Waals surface area contributed by atoms with Gasteiger partial charge in [0.2, 0.25) is 5.78 Å². The van der Waals surface area contributed by atoms with Gasteiger partial charge in [0.05, 0.1) is 0 Å². The van der Waals surface area contributed by atoms with Gasteiger partial charge in [-0.15, -0.1) is 11.3 Å². The summed E-state index contributed by atoms with van der Waals surface area (Å²) in [5.74, 6) is -0.810. The zero-order chi connectivity index (χ0) is 19.4. The molecular weight excluding hydrogens is 358 g/mol. The van der Waals surface area contributed by atoms with Crippen molar-refractivity contribution in [2.75, 3.05) is 0 Å². The van der Waals surface area contributed by atoms with Crippen LogP contribution >= 0.6 is 11.3 Å². The smallest absolute Gasteiger partial charge is 0.358 e. The van der Waals surface area contributed by atoms with Crippen molar-refractivity contribution >= 4 is 23.1 Å². The Morgan fingerprint density at radius 2 is 1.74 bits per heavy atom. The van der Waals surface area contributed by atoms with Gasteiger partial charge in [0, 0.05) is 16.5 Å². The van der Waals surface area contributed by atoms with E-state index >= 15 is 0 Å². The lowest BCUT2D eigenvalue weighted by Crippen LogP contribution is -2.24. The second kappa shape index (κ2) is 8.27. The second-order valence-electron chi connectivity index (χ2n) is 6.37. The molecule has 0 saturated heterocycles. The van der Waals surface area contributed by atoms with E-state index in [0.717, 1.165) is 28.1 Å². The lowest BCUT2D eigenvalue weighted by atomic mass is 10.0. The fourth-order valence-electron chi connectivity index (χ4n) is 2.61. The molecule has 1 aromatic heterocycles. The number of hydrogen-bond acceptors (Lipinski definition) is 5. The topological polar surface area (TPSA) is 56.3 Å². The molecule has 1 atom stereocenters. The maximum Gasteiger partial charge on any atom is 0.358 e. The molecule has 27 heavy (non-hydrogen) atoms. The number of aryl methyl sites for hydroxylation is 2. The Bertz CT molecular complexity index is 942. The van der Waals surface area contributed by atoms with Gasteiger partial charge in [0.15, 0.2) is 11.8 Å². The molecule has 3 rings (SSSR count). The number of ketones is 1. The van der Waals surface area contributed by atoms with Crippen molar-refractivity contribution in [2.24, 2.45) is 0 Å². The number of benzene rings is 2. The van der Waals surface area contributed by atoms with Crippen LogP contribution in [0.1, 0.15) is 45.8 Å². The van der Waals surface area contributed by atoms with Crippen LogP contribution in [0.4, 0.5) is 0 Å². The number of Topliss-reactive ketones (excluding diaryl/α,β-unsaturated/α-hetero) is 1. The number of thiazole rings is 1. The first-order valence-corrected chi connectivity index (χ1v) is 9.72. The average Bonchev–Trinajstić information content (AvgIpc) is 3.18. The average molecular weight is 379 g/mol. The third-order valence-corrected chi connectivity index (χ3v) is 5.20. The second-order valence-corrected chi connectivity index (χ2v) is 7.22. The Morgan fingerprint density at radius 3 is 2.37 bits per heavy atom. The standard InChI is InChI=1S/C22H21NO3S/c1-4-16-7-11-17(12-8-16)20(24)15(3)26-22(25)19-13-27-21(23-19)18-9-5-14(2)6-10-18/h5-13,15H,4H2,1-3H3/t15-/m0/s1. The molecule has 4 nitrogen and oxygen atoms in total. The van der Waals surface area contributed by atoms with Crippen LogP contribution in [-0.4, -0.2) is 22.8 Å².